The fourth-order valence-electron chi connectivity index (χ4n) is 1.99. The minimum atomic E-state index is -0.722. The Bertz CT molecular complexity index is 416. The van der Waals surface area contributed by atoms with Crippen molar-refractivity contribution in [3.8, 4) is 0 Å². The Kier molecular flexibility index (Phi) is 3.49. The van der Waals surface area contributed by atoms with Crippen LogP contribution in [0.2, 0.25) is 0 Å². The van der Waals surface area contributed by atoms with Gasteiger partial charge < -0.3 is 5.32 Å². The molecule has 17 heavy (non-hydrogen) atoms. The molecule has 1 atom stereocenters. The number of piperazine rings is 1. The Balaban J connectivity index is 2.23. The van der Waals surface area contributed by atoms with Gasteiger partial charge in [0.15, 0.2) is 5.78 Å². The molecule has 1 aromatic rings. The molecule has 0 aromatic heterocycles. The van der Waals surface area contributed by atoms with E-state index in [2.05, 4.69) is 5.32 Å². The lowest BCUT2D eigenvalue weighted by molar-refractivity contribution is 0.0818. The minimum Gasteiger partial charge on any atom is -0.313 e. The summed E-state index contributed by atoms with van der Waals surface area (Å²) in [6.45, 7) is 2.07. The molecular weight excluding hydrogens is 226 g/mol. The highest BCUT2D eigenvalue weighted by Gasteiger charge is 2.27. The van der Waals surface area contributed by atoms with E-state index in [0.29, 0.717) is 6.54 Å². The van der Waals surface area contributed by atoms with Crippen LogP contribution in [0.15, 0.2) is 18.2 Å². The fourth-order valence-corrected chi connectivity index (χ4v) is 1.99. The van der Waals surface area contributed by atoms with E-state index in [1.807, 2.05) is 11.9 Å². The zero-order valence-electron chi connectivity index (χ0n) is 9.54. The van der Waals surface area contributed by atoms with Crippen molar-refractivity contribution in [3.05, 3.63) is 35.4 Å². The summed E-state index contributed by atoms with van der Waals surface area (Å²) in [5.41, 5.74) is 0.0862. The molecule has 0 saturated carbocycles. The molecule has 3 nitrogen and oxygen atoms in total. The van der Waals surface area contributed by atoms with E-state index in [1.54, 1.807) is 0 Å². The van der Waals surface area contributed by atoms with Gasteiger partial charge in [-0.3, -0.25) is 9.69 Å². The third-order valence-electron chi connectivity index (χ3n) is 2.96. The lowest BCUT2D eigenvalue weighted by Gasteiger charge is -2.31. The first-order valence-corrected chi connectivity index (χ1v) is 5.49. The first kappa shape index (κ1) is 12.1. The summed E-state index contributed by atoms with van der Waals surface area (Å²) in [6, 6.07) is 2.56. The van der Waals surface area contributed by atoms with E-state index in [1.165, 1.54) is 0 Å². The van der Waals surface area contributed by atoms with Crippen LogP contribution in [-0.4, -0.2) is 43.4 Å². The van der Waals surface area contributed by atoms with Gasteiger partial charge in [0.1, 0.15) is 11.6 Å². The van der Waals surface area contributed by atoms with Crippen LogP contribution in [0.5, 0.6) is 0 Å². The first-order chi connectivity index (χ1) is 8.08. The van der Waals surface area contributed by atoms with E-state index in [-0.39, 0.29) is 17.4 Å². The average molecular weight is 240 g/mol. The van der Waals surface area contributed by atoms with Crippen molar-refractivity contribution in [2.45, 2.75) is 6.04 Å². The Labute approximate surface area is 98.4 Å². The second-order valence-electron chi connectivity index (χ2n) is 4.22. The summed E-state index contributed by atoms with van der Waals surface area (Å²) in [5, 5.41) is 3.10. The summed E-state index contributed by atoms with van der Waals surface area (Å²) in [4.78, 5) is 14.0. The van der Waals surface area contributed by atoms with Crippen LogP contribution in [0.4, 0.5) is 8.78 Å². The smallest absolute Gasteiger partial charge is 0.181 e. The van der Waals surface area contributed by atoms with Crippen LogP contribution in [0, 0.1) is 11.6 Å². The molecular formula is C12H14F2N2O. The number of rotatable bonds is 2. The highest BCUT2D eigenvalue weighted by Crippen LogP contribution is 2.13. The number of carbonyl (C=O) groups is 1. The molecule has 0 radical (unpaired) electrons. The molecule has 1 aliphatic rings. The van der Waals surface area contributed by atoms with Crippen LogP contribution in [0.3, 0.4) is 0 Å². The van der Waals surface area contributed by atoms with Gasteiger partial charge in [-0.1, -0.05) is 0 Å². The Morgan fingerprint density at radius 3 is 2.59 bits per heavy atom. The summed E-state index contributed by atoms with van der Waals surface area (Å²) >= 11 is 0. The van der Waals surface area contributed by atoms with Gasteiger partial charge in [-0.25, -0.2) is 8.78 Å². The second kappa shape index (κ2) is 4.89. The van der Waals surface area contributed by atoms with E-state index in [4.69, 9.17) is 0 Å². The van der Waals surface area contributed by atoms with Crippen molar-refractivity contribution in [1.82, 2.24) is 10.2 Å². The van der Waals surface area contributed by atoms with Gasteiger partial charge >= 0.3 is 0 Å². The van der Waals surface area contributed by atoms with Crippen molar-refractivity contribution in [3.63, 3.8) is 0 Å². The van der Waals surface area contributed by atoms with Gasteiger partial charge in [0.05, 0.1) is 6.04 Å². The molecule has 5 heteroatoms. The molecule has 92 valence electrons. The number of carbonyl (C=O) groups excluding carboxylic acids is 1. The highest BCUT2D eigenvalue weighted by atomic mass is 19.1. The normalized spacial score (nSPS) is 21.5. The predicted molar refractivity (Wildman–Crippen MR) is 60.0 cm³/mol. The molecule has 0 aliphatic carbocycles. The molecule has 0 amide bonds. The van der Waals surface area contributed by atoms with Crippen LogP contribution in [0.25, 0.3) is 0 Å². The molecule has 0 bridgehead atoms. The summed E-state index contributed by atoms with van der Waals surface area (Å²) < 4.78 is 26.1. The summed E-state index contributed by atoms with van der Waals surface area (Å²) in [5.74, 6) is -1.70. The number of hydrogen-bond acceptors (Lipinski definition) is 3. The molecule has 1 unspecified atom stereocenters. The monoisotopic (exact) mass is 240 g/mol. The fraction of sp³-hybridized carbons (Fsp3) is 0.417. The molecule has 1 saturated heterocycles. The Morgan fingerprint density at radius 1 is 1.35 bits per heavy atom. The first-order valence-electron chi connectivity index (χ1n) is 5.49. The average Bonchev–Trinajstić information content (AvgIpc) is 2.27. The van der Waals surface area contributed by atoms with Gasteiger partial charge in [-0.05, 0) is 19.2 Å². The molecule has 2 rings (SSSR count). The van der Waals surface area contributed by atoms with E-state index >= 15 is 0 Å². The zero-order valence-corrected chi connectivity index (χ0v) is 9.54. The number of ketones is 1. The second-order valence-corrected chi connectivity index (χ2v) is 4.22. The summed E-state index contributed by atoms with van der Waals surface area (Å²) in [6.07, 6.45) is 0. The van der Waals surface area contributed by atoms with E-state index in [9.17, 15) is 13.6 Å². The number of nitrogens with zero attached hydrogens (tertiary/aromatic N) is 1. The Morgan fingerprint density at radius 2 is 2.00 bits per heavy atom. The molecule has 1 heterocycles. The van der Waals surface area contributed by atoms with Crippen LogP contribution < -0.4 is 5.32 Å². The van der Waals surface area contributed by atoms with Crippen molar-refractivity contribution < 1.29 is 13.6 Å². The van der Waals surface area contributed by atoms with Crippen LogP contribution >= 0.6 is 0 Å². The number of Topliss-reactive ketones (excluding diaryl/α,β-unsaturated/α-hetero) is 1. The maximum absolute atomic E-state index is 13.0. The molecule has 0 spiro atoms. The van der Waals surface area contributed by atoms with Crippen molar-refractivity contribution >= 4 is 5.78 Å². The van der Waals surface area contributed by atoms with Crippen molar-refractivity contribution in [2.75, 3.05) is 26.7 Å². The van der Waals surface area contributed by atoms with Gasteiger partial charge in [0, 0.05) is 31.3 Å². The van der Waals surface area contributed by atoms with Crippen LogP contribution in [0.1, 0.15) is 10.4 Å². The number of hydrogen-bond donors (Lipinski definition) is 1. The standard InChI is InChI=1S/C12H14F2N2O/c1-16-3-2-15-7-11(16)12(17)8-4-9(13)6-10(14)5-8/h4-6,11,15H,2-3,7H2,1H3. The topological polar surface area (TPSA) is 32.3 Å². The quantitative estimate of drug-likeness (QED) is 0.784. The van der Waals surface area contributed by atoms with E-state index < -0.39 is 11.6 Å². The number of halogens is 2. The number of benzene rings is 1. The molecule has 1 aromatic carbocycles. The summed E-state index contributed by atoms with van der Waals surface area (Å²) in [7, 11) is 1.83. The third-order valence-corrected chi connectivity index (χ3v) is 2.96. The maximum atomic E-state index is 13.0. The number of likely N-dealkylation sites (N-methyl/N-ethyl adjacent to an activating group) is 1. The van der Waals surface area contributed by atoms with Crippen molar-refractivity contribution in [2.24, 2.45) is 0 Å². The Hall–Kier alpha value is -1.33. The van der Waals surface area contributed by atoms with Crippen LogP contribution in [-0.2, 0) is 0 Å². The number of nitrogens with one attached hydrogen (secondary N) is 1. The van der Waals surface area contributed by atoms with Gasteiger partial charge in [-0.15, -0.1) is 0 Å². The molecule has 1 aliphatic heterocycles. The van der Waals surface area contributed by atoms with Gasteiger partial charge in [0.2, 0.25) is 0 Å². The lowest BCUT2D eigenvalue weighted by atomic mass is 10.0. The minimum absolute atomic E-state index is 0.0862. The van der Waals surface area contributed by atoms with Crippen molar-refractivity contribution in [1.29, 1.82) is 0 Å². The third kappa shape index (κ3) is 2.68. The molecule has 1 N–H and O–H groups in total. The van der Waals surface area contributed by atoms with Gasteiger partial charge in [-0.2, -0.15) is 0 Å². The highest BCUT2D eigenvalue weighted by molar-refractivity contribution is 6.00. The van der Waals surface area contributed by atoms with Gasteiger partial charge in [0.25, 0.3) is 0 Å². The lowest BCUT2D eigenvalue weighted by Crippen LogP contribution is -2.53. The largest absolute Gasteiger partial charge is 0.313 e. The maximum Gasteiger partial charge on any atom is 0.181 e. The molecule has 1 fully saturated rings. The SMILES string of the molecule is CN1CCNCC1C(=O)c1cc(F)cc(F)c1. The van der Waals surface area contributed by atoms with E-state index in [0.717, 1.165) is 31.3 Å². The zero-order chi connectivity index (χ0) is 12.4. The predicted octanol–water partition coefficient (Wildman–Crippen LogP) is 1.05.